The number of carbonyl (C=O) groups is 1. The standard InChI is InChI=1S/C17H18ClF5N2O/c18-14-3-2-12(17(21,22)23)9-11(14)1-4-16(26)24-13-5-7-25(8-6-13)10-15(19)20/h1-4,9,13,15H,5-8,10H2,(H,24,26)/b4-1+. The molecule has 1 saturated heterocycles. The number of nitrogens with one attached hydrogen (secondary N) is 1. The molecule has 1 aliphatic rings. The number of amides is 1. The van der Waals surface area contributed by atoms with Crippen molar-refractivity contribution >= 4 is 23.6 Å². The Labute approximate surface area is 152 Å². The Kier molecular flexibility index (Phi) is 7.00. The maximum absolute atomic E-state index is 12.7. The molecule has 3 nitrogen and oxygen atoms in total. The molecule has 1 heterocycles. The van der Waals surface area contributed by atoms with Crippen LogP contribution in [0.2, 0.25) is 5.02 Å². The Balaban J connectivity index is 1.90. The van der Waals surface area contributed by atoms with Crippen LogP contribution >= 0.6 is 11.6 Å². The van der Waals surface area contributed by atoms with Crippen LogP contribution in [0.1, 0.15) is 24.0 Å². The summed E-state index contributed by atoms with van der Waals surface area (Å²) in [6.45, 7) is 0.630. The van der Waals surface area contributed by atoms with Crippen LogP contribution in [0.4, 0.5) is 22.0 Å². The molecule has 0 atom stereocenters. The van der Waals surface area contributed by atoms with Crippen LogP contribution in [0.15, 0.2) is 24.3 Å². The van der Waals surface area contributed by atoms with E-state index in [9.17, 15) is 26.7 Å². The van der Waals surface area contributed by atoms with E-state index in [0.29, 0.717) is 25.9 Å². The average molecular weight is 397 g/mol. The normalized spacial score (nSPS) is 17.2. The van der Waals surface area contributed by atoms with Gasteiger partial charge < -0.3 is 5.32 Å². The molecule has 26 heavy (non-hydrogen) atoms. The van der Waals surface area contributed by atoms with E-state index in [-0.39, 0.29) is 23.2 Å². The van der Waals surface area contributed by atoms with Gasteiger partial charge in [0.25, 0.3) is 6.43 Å². The number of rotatable bonds is 5. The van der Waals surface area contributed by atoms with Crippen molar-refractivity contribution in [1.29, 1.82) is 0 Å². The molecule has 0 aliphatic carbocycles. The monoisotopic (exact) mass is 396 g/mol. The summed E-state index contributed by atoms with van der Waals surface area (Å²) in [4.78, 5) is 13.6. The second kappa shape index (κ2) is 8.81. The molecule has 144 valence electrons. The summed E-state index contributed by atoms with van der Waals surface area (Å²) >= 11 is 5.86. The lowest BCUT2D eigenvalue weighted by Crippen LogP contribution is -2.45. The Morgan fingerprint density at radius 2 is 1.96 bits per heavy atom. The van der Waals surface area contributed by atoms with E-state index in [2.05, 4.69) is 5.32 Å². The molecule has 1 fully saturated rings. The van der Waals surface area contributed by atoms with E-state index in [1.807, 2.05) is 0 Å². The second-order valence-electron chi connectivity index (χ2n) is 6.04. The van der Waals surface area contributed by atoms with Crippen molar-refractivity contribution in [3.05, 3.63) is 40.4 Å². The summed E-state index contributed by atoms with van der Waals surface area (Å²) in [6.07, 6.45) is -3.47. The number of hydrogen-bond acceptors (Lipinski definition) is 2. The van der Waals surface area contributed by atoms with Crippen molar-refractivity contribution in [3.63, 3.8) is 0 Å². The van der Waals surface area contributed by atoms with E-state index in [1.165, 1.54) is 6.08 Å². The minimum atomic E-state index is -4.50. The van der Waals surface area contributed by atoms with E-state index in [0.717, 1.165) is 24.3 Å². The Morgan fingerprint density at radius 3 is 2.54 bits per heavy atom. The molecule has 0 bridgehead atoms. The lowest BCUT2D eigenvalue weighted by atomic mass is 10.0. The van der Waals surface area contributed by atoms with Crippen LogP contribution in [-0.2, 0) is 11.0 Å². The first-order chi connectivity index (χ1) is 12.1. The smallest absolute Gasteiger partial charge is 0.350 e. The zero-order valence-electron chi connectivity index (χ0n) is 13.7. The third-order valence-electron chi connectivity index (χ3n) is 4.07. The van der Waals surface area contributed by atoms with Crippen LogP contribution in [0.25, 0.3) is 6.08 Å². The van der Waals surface area contributed by atoms with Crippen molar-refractivity contribution in [3.8, 4) is 0 Å². The number of piperidine rings is 1. The molecule has 0 saturated carbocycles. The fraction of sp³-hybridized carbons (Fsp3) is 0.471. The fourth-order valence-corrected chi connectivity index (χ4v) is 2.90. The van der Waals surface area contributed by atoms with Crippen molar-refractivity contribution in [1.82, 2.24) is 10.2 Å². The predicted molar refractivity (Wildman–Crippen MR) is 89.1 cm³/mol. The number of likely N-dealkylation sites (tertiary alicyclic amines) is 1. The van der Waals surface area contributed by atoms with Crippen LogP contribution in [0.5, 0.6) is 0 Å². The van der Waals surface area contributed by atoms with Gasteiger partial charge in [-0.05, 0) is 42.7 Å². The highest BCUT2D eigenvalue weighted by molar-refractivity contribution is 6.32. The first-order valence-corrected chi connectivity index (χ1v) is 8.39. The lowest BCUT2D eigenvalue weighted by Gasteiger charge is -2.31. The molecular weight excluding hydrogens is 379 g/mol. The van der Waals surface area contributed by atoms with Gasteiger partial charge in [0.05, 0.1) is 12.1 Å². The maximum atomic E-state index is 12.7. The number of hydrogen-bond donors (Lipinski definition) is 1. The van der Waals surface area contributed by atoms with Crippen LogP contribution in [0.3, 0.4) is 0 Å². The zero-order valence-corrected chi connectivity index (χ0v) is 14.5. The molecule has 0 radical (unpaired) electrons. The first-order valence-electron chi connectivity index (χ1n) is 8.01. The van der Waals surface area contributed by atoms with Gasteiger partial charge in [-0.3, -0.25) is 9.69 Å². The average Bonchev–Trinajstić information content (AvgIpc) is 2.54. The lowest BCUT2D eigenvalue weighted by molar-refractivity contribution is -0.137. The van der Waals surface area contributed by atoms with E-state index in [1.54, 1.807) is 4.90 Å². The topological polar surface area (TPSA) is 32.3 Å². The quantitative estimate of drug-likeness (QED) is 0.597. The van der Waals surface area contributed by atoms with Crippen molar-refractivity contribution in [2.24, 2.45) is 0 Å². The third-order valence-corrected chi connectivity index (χ3v) is 4.41. The summed E-state index contributed by atoms with van der Waals surface area (Å²) in [5.41, 5.74) is -0.767. The van der Waals surface area contributed by atoms with Gasteiger partial charge >= 0.3 is 6.18 Å². The largest absolute Gasteiger partial charge is 0.416 e. The van der Waals surface area contributed by atoms with Gasteiger partial charge in [0, 0.05) is 30.2 Å². The number of nitrogens with zero attached hydrogens (tertiary/aromatic N) is 1. The second-order valence-corrected chi connectivity index (χ2v) is 6.45. The molecule has 0 spiro atoms. The van der Waals surface area contributed by atoms with Gasteiger partial charge in [0.2, 0.25) is 5.91 Å². The predicted octanol–water partition coefficient (Wildman–Crippen LogP) is 4.22. The fourth-order valence-electron chi connectivity index (χ4n) is 2.72. The SMILES string of the molecule is O=C(/C=C/c1cc(C(F)(F)F)ccc1Cl)NC1CCN(CC(F)F)CC1. The van der Waals surface area contributed by atoms with Crippen LogP contribution in [0, 0.1) is 0 Å². The molecule has 0 aromatic heterocycles. The van der Waals surface area contributed by atoms with E-state index >= 15 is 0 Å². The molecule has 1 amide bonds. The number of benzene rings is 1. The Morgan fingerprint density at radius 1 is 1.31 bits per heavy atom. The molecule has 2 rings (SSSR count). The van der Waals surface area contributed by atoms with Crippen molar-refractivity contribution in [2.45, 2.75) is 31.5 Å². The van der Waals surface area contributed by atoms with E-state index < -0.39 is 24.1 Å². The molecule has 0 unspecified atom stereocenters. The molecule has 1 aliphatic heterocycles. The highest BCUT2D eigenvalue weighted by Gasteiger charge is 2.30. The molecule has 9 heteroatoms. The van der Waals surface area contributed by atoms with Gasteiger partial charge in [-0.15, -0.1) is 0 Å². The van der Waals surface area contributed by atoms with Crippen LogP contribution < -0.4 is 5.32 Å². The number of halogens is 6. The maximum Gasteiger partial charge on any atom is 0.416 e. The summed E-state index contributed by atoms with van der Waals surface area (Å²) in [5, 5.41) is 2.82. The first kappa shape index (κ1) is 20.6. The van der Waals surface area contributed by atoms with Gasteiger partial charge in [-0.25, -0.2) is 8.78 Å². The van der Waals surface area contributed by atoms with Gasteiger partial charge in [-0.2, -0.15) is 13.2 Å². The minimum absolute atomic E-state index is 0.0865. The summed E-state index contributed by atoms with van der Waals surface area (Å²) in [5.74, 6) is -0.467. The third kappa shape index (κ3) is 6.25. The van der Waals surface area contributed by atoms with Crippen LogP contribution in [-0.4, -0.2) is 42.9 Å². The summed E-state index contributed by atoms with van der Waals surface area (Å²) in [7, 11) is 0. The van der Waals surface area contributed by atoms with Gasteiger partial charge in [0.1, 0.15) is 0 Å². The van der Waals surface area contributed by atoms with Crippen molar-refractivity contribution in [2.75, 3.05) is 19.6 Å². The summed E-state index contributed by atoms with van der Waals surface area (Å²) in [6, 6.07) is 2.71. The molecule has 1 N–H and O–H groups in total. The van der Waals surface area contributed by atoms with E-state index in [4.69, 9.17) is 11.6 Å². The van der Waals surface area contributed by atoms with Crippen molar-refractivity contribution < 1.29 is 26.7 Å². The highest BCUT2D eigenvalue weighted by Crippen LogP contribution is 2.32. The molecular formula is C17H18ClF5N2O. The highest BCUT2D eigenvalue weighted by atomic mass is 35.5. The number of carbonyl (C=O) groups excluding carboxylic acids is 1. The Hall–Kier alpha value is -1.67. The molecule has 1 aromatic carbocycles. The number of alkyl halides is 5. The summed E-state index contributed by atoms with van der Waals surface area (Å²) < 4.78 is 62.8. The van der Waals surface area contributed by atoms with Gasteiger partial charge in [-0.1, -0.05) is 11.6 Å². The Bertz CT molecular complexity index is 655. The molecule has 1 aromatic rings. The van der Waals surface area contributed by atoms with Gasteiger partial charge in [0.15, 0.2) is 0 Å². The zero-order chi connectivity index (χ0) is 19.3. The minimum Gasteiger partial charge on any atom is -0.350 e.